The molecule has 0 saturated carbocycles. The molecule has 29 heavy (non-hydrogen) atoms. The minimum Gasteiger partial charge on any atom is -0.464 e. The number of carbonyl (C=O) groups excluding carboxylic acids is 1. The molecule has 0 radical (unpaired) electrons. The number of esters is 1. The third kappa shape index (κ3) is 3.51. The number of imidazole rings is 1. The van der Waals surface area contributed by atoms with Gasteiger partial charge in [-0.3, -0.25) is 4.98 Å². The normalized spacial score (nSPS) is 16.4. The standard InChI is InChI=1S/C19H18FN7O2/c1-29-19(28)15-8-24-16(9-23-15)27-6-4-13-17(26-10-25-13)18(27)12(21)7-14-11(20)3-2-5-22-14/h2-3,5,7-10,18H,4,6,21H2,1H3,(H,25,26)/b12-7-. The highest BCUT2D eigenvalue weighted by Crippen LogP contribution is 2.34. The highest BCUT2D eigenvalue weighted by Gasteiger charge is 2.33. The average molecular weight is 395 g/mol. The van der Waals surface area contributed by atoms with Crippen molar-refractivity contribution in [1.82, 2.24) is 24.9 Å². The van der Waals surface area contributed by atoms with Gasteiger partial charge in [0, 0.05) is 30.6 Å². The van der Waals surface area contributed by atoms with Crippen LogP contribution in [-0.2, 0) is 11.2 Å². The zero-order valence-corrected chi connectivity index (χ0v) is 15.5. The summed E-state index contributed by atoms with van der Waals surface area (Å²) >= 11 is 0. The van der Waals surface area contributed by atoms with Gasteiger partial charge in [0.1, 0.15) is 23.4 Å². The molecule has 3 N–H and O–H groups in total. The monoisotopic (exact) mass is 395 g/mol. The summed E-state index contributed by atoms with van der Waals surface area (Å²) in [7, 11) is 1.28. The van der Waals surface area contributed by atoms with E-state index >= 15 is 0 Å². The number of nitrogens with one attached hydrogen (secondary N) is 1. The van der Waals surface area contributed by atoms with Crippen LogP contribution in [0.2, 0.25) is 0 Å². The van der Waals surface area contributed by atoms with Crippen LogP contribution in [-0.4, -0.2) is 44.5 Å². The van der Waals surface area contributed by atoms with Crippen molar-refractivity contribution >= 4 is 17.9 Å². The molecule has 10 heteroatoms. The van der Waals surface area contributed by atoms with Crippen molar-refractivity contribution in [2.75, 3.05) is 18.6 Å². The van der Waals surface area contributed by atoms with Crippen molar-refractivity contribution in [3.63, 3.8) is 0 Å². The molecular formula is C19H18FN7O2. The van der Waals surface area contributed by atoms with Crippen molar-refractivity contribution in [1.29, 1.82) is 0 Å². The van der Waals surface area contributed by atoms with Gasteiger partial charge >= 0.3 is 5.97 Å². The van der Waals surface area contributed by atoms with Gasteiger partial charge in [0.05, 0.1) is 31.5 Å². The van der Waals surface area contributed by atoms with Gasteiger partial charge in [0.2, 0.25) is 0 Å². The Morgan fingerprint density at radius 1 is 1.34 bits per heavy atom. The summed E-state index contributed by atoms with van der Waals surface area (Å²) in [6, 6.07) is 2.34. The van der Waals surface area contributed by atoms with Crippen LogP contribution >= 0.6 is 0 Å². The molecule has 3 aromatic rings. The Balaban J connectivity index is 1.73. The Bertz CT molecular complexity index is 1060. The fraction of sp³-hybridized carbons (Fsp3) is 0.211. The van der Waals surface area contributed by atoms with Gasteiger partial charge in [-0.1, -0.05) is 0 Å². The Hall–Kier alpha value is -3.82. The number of aromatic amines is 1. The minimum atomic E-state index is -0.570. The lowest BCUT2D eigenvalue weighted by Gasteiger charge is -2.35. The van der Waals surface area contributed by atoms with Gasteiger partial charge in [0.15, 0.2) is 5.69 Å². The van der Waals surface area contributed by atoms with E-state index in [1.807, 2.05) is 4.90 Å². The molecule has 148 valence electrons. The fourth-order valence-corrected chi connectivity index (χ4v) is 3.28. The molecule has 1 aliphatic heterocycles. The molecular weight excluding hydrogens is 377 g/mol. The van der Waals surface area contributed by atoms with Crippen LogP contribution in [0.3, 0.4) is 0 Å². The average Bonchev–Trinajstić information content (AvgIpc) is 3.23. The first kappa shape index (κ1) is 18.5. The predicted octanol–water partition coefficient (Wildman–Crippen LogP) is 1.62. The zero-order valence-electron chi connectivity index (χ0n) is 15.5. The molecule has 0 fully saturated rings. The highest BCUT2D eigenvalue weighted by atomic mass is 19.1. The lowest BCUT2D eigenvalue weighted by molar-refractivity contribution is 0.0593. The van der Waals surface area contributed by atoms with Crippen molar-refractivity contribution in [3.8, 4) is 0 Å². The quantitative estimate of drug-likeness (QED) is 0.639. The summed E-state index contributed by atoms with van der Waals surface area (Å²) in [5.41, 5.74) is 8.65. The van der Waals surface area contributed by atoms with Crippen LogP contribution in [0.25, 0.3) is 6.08 Å². The SMILES string of the molecule is COC(=O)c1cnc(N2CCc3[nH]cnc3C2/C(N)=C/c2ncccc2F)cn1. The lowest BCUT2D eigenvalue weighted by Crippen LogP contribution is -2.39. The van der Waals surface area contributed by atoms with Gasteiger partial charge in [-0.15, -0.1) is 0 Å². The van der Waals surface area contributed by atoms with E-state index in [4.69, 9.17) is 5.73 Å². The number of ether oxygens (including phenoxy) is 1. The number of methoxy groups -OCH3 is 1. The Morgan fingerprint density at radius 3 is 2.93 bits per heavy atom. The summed E-state index contributed by atoms with van der Waals surface area (Å²) in [5, 5.41) is 0. The van der Waals surface area contributed by atoms with Crippen molar-refractivity contribution < 1.29 is 13.9 Å². The van der Waals surface area contributed by atoms with Gasteiger partial charge in [0.25, 0.3) is 0 Å². The van der Waals surface area contributed by atoms with Crippen LogP contribution in [0.5, 0.6) is 0 Å². The molecule has 0 aliphatic carbocycles. The van der Waals surface area contributed by atoms with Crippen molar-refractivity contribution in [2.24, 2.45) is 5.73 Å². The van der Waals surface area contributed by atoms with Crippen molar-refractivity contribution in [2.45, 2.75) is 12.5 Å². The van der Waals surface area contributed by atoms with E-state index in [0.717, 1.165) is 11.4 Å². The Morgan fingerprint density at radius 2 is 2.21 bits per heavy atom. The van der Waals surface area contributed by atoms with Gasteiger partial charge in [-0.25, -0.2) is 24.1 Å². The first-order valence-electron chi connectivity index (χ1n) is 8.85. The number of nitrogens with zero attached hydrogens (tertiary/aromatic N) is 5. The van der Waals surface area contributed by atoms with E-state index in [-0.39, 0.29) is 11.4 Å². The molecule has 1 aliphatic rings. The van der Waals surface area contributed by atoms with E-state index in [9.17, 15) is 9.18 Å². The maximum absolute atomic E-state index is 14.1. The molecule has 0 amide bonds. The maximum atomic E-state index is 14.1. The molecule has 0 bridgehead atoms. The van der Waals surface area contributed by atoms with E-state index in [0.29, 0.717) is 24.5 Å². The van der Waals surface area contributed by atoms with Crippen LogP contribution in [0, 0.1) is 5.82 Å². The Labute approximate surface area is 165 Å². The van der Waals surface area contributed by atoms with Crippen LogP contribution in [0.15, 0.2) is 42.7 Å². The third-order valence-corrected chi connectivity index (χ3v) is 4.66. The number of H-pyrrole nitrogens is 1. The van der Waals surface area contributed by atoms with Crippen LogP contribution in [0.1, 0.15) is 33.6 Å². The summed E-state index contributed by atoms with van der Waals surface area (Å²) in [5.74, 6) is -0.532. The Kier molecular flexibility index (Phi) is 4.90. The van der Waals surface area contributed by atoms with Crippen LogP contribution in [0.4, 0.5) is 10.2 Å². The number of carbonyl (C=O) groups is 1. The highest BCUT2D eigenvalue weighted by molar-refractivity contribution is 5.86. The number of pyridine rings is 1. The third-order valence-electron chi connectivity index (χ3n) is 4.66. The first-order chi connectivity index (χ1) is 14.1. The van der Waals surface area contributed by atoms with Crippen LogP contribution < -0.4 is 10.6 Å². The summed E-state index contributed by atoms with van der Waals surface area (Å²) in [6.45, 7) is 0.575. The van der Waals surface area contributed by atoms with Crippen molar-refractivity contribution in [3.05, 3.63) is 71.3 Å². The number of anilines is 1. The summed E-state index contributed by atoms with van der Waals surface area (Å²) < 4.78 is 18.7. The number of rotatable bonds is 4. The topological polar surface area (TPSA) is 123 Å². The second-order valence-electron chi connectivity index (χ2n) is 6.38. The molecule has 0 aromatic carbocycles. The number of hydrogen-bond donors (Lipinski definition) is 2. The molecule has 1 unspecified atom stereocenters. The summed E-state index contributed by atoms with van der Waals surface area (Å²) in [6.07, 6.45) is 8.10. The lowest BCUT2D eigenvalue weighted by atomic mass is 9.99. The molecule has 4 heterocycles. The second-order valence-corrected chi connectivity index (χ2v) is 6.38. The molecule has 0 saturated heterocycles. The van der Waals surface area contributed by atoms with E-state index in [1.54, 1.807) is 6.33 Å². The maximum Gasteiger partial charge on any atom is 0.358 e. The predicted molar refractivity (Wildman–Crippen MR) is 102 cm³/mol. The number of hydrogen-bond acceptors (Lipinski definition) is 8. The van der Waals surface area contributed by atoms with E-state index in [2.05, 4.69) is 29.7 Å². The summed E-state index contributed by atoms with van der Waals surface area (Å²) in [4.78, 5) is 33.5. The van der Waals surface area contributed by atoms with Gasteiger partial charge in [-0.05, 0) is 18.2 Å². The van der Waals surface area contributed by atoms with E-state index in [1.165, 1.54) is 43.9 Å². The number of halogens is 1. The first-order valence-corrected chi connectivity index (χ1v) is 8.85. The fourth-order valence-electron chi connectivity index (χ4n) is 3.28. The molecule has 9 nitrogen and oxygen atoms in total. The minimum absolute atomic E-state index is 0.101. The van der Waals surface area contributed by atoms with Gasteiger partial charge < -0.3 is 20.4 Å². The zero-order chi connectivity index (χ0) is 20.4. The van der Waals surface area contributed by atoms with E-state index < -0.39 is 17.8 Å². The van der Waals surface area contributed by atoms with Gasteiger partial charge in [-0.2, -0.15) is 0 Å². The smallest absolute Gasteiger partial charge is 0.358 e. The number of aromatic nitrogens is 5. The molecule has 0 spiro atoms. The largest absolute Gasteiger partial charge is 0.464 e. The number of fused-ring (bicyclic) bond motifs is 1. The molecule has 3 aromatic heterocycles. The second kappa shape index (κ2) is 7.66. The number of nitrogens with two attached hydrogens (primary N) is 1. The molecule has 4 rings (SSSR count). The molecule has 1 atom stereocenters.